The fourth-order valence-electron chi connectivity index (χ4n) is 3.10. The zero-order valence-corrected chi connectivity index (χ0v) is 15.9. The maximum Gasteiger partial charge on any atom is 0.295 e. The zero-order chi connectivity index (χ0) is 19.8. The van der Waals surface area contributed by atoms with Gasteiger partial charge in [0.15, 0.2) is 0 Å². The van der Waals surface area contributed by atoms with Crippen molar-refractivity contribution in [2.75, 3.05) is 31.1 Å². The molecule has 1 aliphatic heterocycles. The lowest BCUT2D eigenvalue weighted by Crippen LogP contribution is -2.48. The second-order valence-electron chi connectivity index (χ2n) is 6.53. The molecule has 2 aromatic carbocycles. The van der Waals surface area contributed by atoms with Gasteiger partial charge in [-0.3, -0.25) is 10.1 Å². The maximum atomic E-state index is 13.3. The van der Waals surface area contributed by atoms with Crippen molar-refractivity contribution < 1.29 is 17.7 Å². The smallest absolute Gasteiger partial charge is 0.295 e. The second kappa shape index (κ2) is 7.24. The van der Waals surface area contributed by atoms with Crippen molar-refractivity contribution in [3.63, 3.8) is 0 Å². The van der Waals surface area contributed by atoms with Crippen LogP contribution in [0.15, 0.2) is 41.3 Å². The Morgan fingerprint density at radius 1 is 1.00 bits per heavy atom. The summed E-state index contributed by atoms with van der Waals surface area (Å²) in [5, 5.41) is 11.2. The Morgan fingerprint density at radius 2 is 1.67 bits per heavy atom. The molecule has 0 amide bonds. The molecule has 0 aliphatic carbocycles. The first kappa shape index (κ1) is 19.2. The number of nitro groups is 1. The van der Waals surface area contributed by atoms with Crippen molar-refractivity contribution in [3.8, 4) is 0 Å². The van der Waals surface area contributed by atoms with E-state index in [-0.39, 0.29) is 36.8 Å². The summed E-state index contributed by atoms with van der Waals surface area (Å²) in [6, 6.07) is 8.44. The summed E-state index contributed by atoms with van der Waals surface area (Å²) >= 11 is 0. The average molecular weight is 393 g/mol. The van der Waals surface area contributed by atoms with Crippen LogP contribution in [0.1, 0.15) is 11.1 Å². The first-order valence-corrected chi connectivity index (χ1v) is 9.90. The number of nitrogens with zero attached hydrogens (tertiary/aromatic N) is 3. The quantitative estimate of drug-likeness (QED) is 0.589. The zero-order valence-electron chi connectivity index (χ0n) is 15.1. The van der Waals surface area contributed by atoms with Crippen molar-refractivity contribution in [2.45, 2.75) is 18.7 Å². The van der Waals surface area contributed by atoms with Crippen LogP contribution in [0.25, 0.3) is 0 Å². The number of sulfonamides is 1. The van der Waals surface area contributed by atoms with E-state index < -0.39 is 20.8 Å². The Kier molecular flexibility index (Phi) is 5.16. The second-order valence-corrected chi connectivity index (χ2v) is 8.47. The van der Waals surface area contributed by atoms with E-state index in [1.165, 1.54) is 16.4 Å². The molecule has 0 radical (unpaired) electrons. The number of rotatable bonds is 4. The standard InChI is InChI=1S/C18H20FN3O4S/c1-13-3-5-16(11-14(13)2)27(25,26)21-9-7-20(8-10-21)17-6-4-15(19)12-18(17)22(23)24/h3-6,11-12H,7-10H2,1-2H3. The van der Waals surface area contributed by atoms with Gasteiger partial charge in [-0.1, -0.05) is 6.07 Å². The third-order valence-corrected chi connectivity index (χ3v) is 6.72. The number of piperazine rings is 1. The molecule has 144 valence electrons. The Labute approximate surface area is 157 Å². The molecule has 1 heterocycles. The molecule has 1 fully saturated rings. The highest BCUT2D eigenvalue weighted by atomic mass is 32.2. The normalized spacial score (nSPS) is 15.7. The monoisotopic (exact) mass is 393 g/mol. The Morgan fingerprint density at radius 3 is 2.26 bits per heavy atom. The van der Waals surface area contributed by atoms with E-state index in [1.54, 1.807) is 23.1 Å². The lowest BCUT2D eigenvalue weighted by atomic mass is 10.1. The molecule has 1 aliphatic rings. The molecule has 9 heteroatoms. The molecule has 27 heavy (non-hydrogen) atoms. The SMILES string of the molecule is Cc1ccc(S(=O)(=O)N2CCN(c3ccc(F)cc3[N+](=O)[O-])CC2)cc1C. The minimum atomic E-state index is -3.63. The summed E-state index contributed by atoms with van der Waals surface area (Å²) in [4.78, 5) is 12.5. The largest absolute Gasteiger partial charge is 0.363 e. The highest BCUT2D eigenvalue weighted by Gasteiger charge is 2.31. The van der Waals surface area contributed by atoms with E-state index in [2.05, 4.69) is 0 Å². The fourth-order valence-corrected chi connectivity index (χ4v) is 4.61. The average Bonchev–Trinajstić information content (AvgIpc) is 2.64. The molecule has 0 aromatic heterocycles. The summed E-state index contributed by atoms with van der Waals surface area (Å²) in [7, 11) is -3.63. The van der Waals surface area contributed by atoms with Gasteiger partial charge in [0.1, 0.15) is 11.5 Å². The van der Waals surface area contributed by atoms with Gasteiger partial charge in [0.25, 0.3) is 5.69 Å². The first-order valence-electron chi connectivity index (χ1n) is 8.46. The van der Waals surface area contributed by atoms with Crippen LogP contribution in [-0.2, 0) is 10.0 Å². The number of hydrogen-bond donors (Lipinski definition) is 0. The fraction of sp³-hybridized carbons (Fsp3) is 0.333. The van der Waals surface area contributed by atoms with Gasteiger partial charge in [0.05, 0.1) is 15.9 Å². The van der Waals surface area contributed by atoms with Crippen molar-refractivity contribution in [1.29, 1.82) is 0 Å². The third kappa shape index (κ3) is 3.79. The van der Waals surface area contributed by atoms with Crippen LogP contribution in [0.2, 0.25) is 0 Å². The third-order valence-electron chi connectivity index (χ3n) is 4.83. The van der Waals surface area contributed by atoms with Crippen LogP contribution in [0.3, 0.4) is 0 Å². The molecule has 0 spiro atoms. The molecular formula is C18H20FN3O4S. The molecule has 0 saturated carbocycles. The van der Waals surface area contributed by atoms with Crippen molar-refractivity contribution in [1.82, 2.24) is 4.31 Å². The van der Waals surface area contributed by atoms with E-state index in [9.17, 15) is 22.9 Å². The van der Waals surface area contributed by atoms with Gasteiger partial charge in [0.2, 0.25) is 10.0 Å². The first-order chi connectivity index (χ1) is 12.7. The summed E-state index contributed by atoms with van der Waals surface area (Å²) in [5.74, 6) is -0.679. The van der Waals surface area contributed by atoms with E-state index in [0.717, 1.165) is 17.2 Å². The van der Waals surface area contributed by atoms with Gasteiger partial charge >= 0.3 is 0 Å². The molecule has 0 N–H and O–H groups in total. The van der Waals surface area contributed by atoms with Crippen LogP contribution >= 0.6 is 0 Å². The van der Waals surface area contributed by atoms with Gasteiger partial charge in [-0.15, -0.1) is 0 Å². The number of hydrogen-bond acceptors (Lipinski definition) is 5. The summed E-state index contributed by atoms with van der Waals surface area (Å²) in [6.45, 7) is 4.75. The maximum absolute atomic E-state index is 13.3. The Balaban J connectivity index is 1.79. The van der Waals surface area contributed by atoms with Crippen molar-refractivity contribution in [2.24, 2.45) is 0 Å². The minimum Gasteiger partial charge on any atom is -0.363 e. The highest BCUT2D eigenvalue weighted by Crippen LogP contribution is 2.30. The van der Waals surface area contributed by atoms with E-state index >= 15 is 0 Å². The van der Waals surface area contributed by atoms with E-state index in [4.69, 9.17) is 0 Å². The molecule has 1 saturated heterocycles. The molecule has 0 unspecified atom stereocenters. The molecular weight excluding hydrogens is 373 g/mol. The van der Waals surface area contributed by atoms with Crippen LogP contribution < -0.4 is 4.90 Å². The Hall–Kier alpha value is -2.52. The van der Waals surface area contributed by atoms with Gasteiger partial charge in [-0.25, -0.2) is 12.8 Å². The summed E-state index contributed by atoms with van der Waals surface area (Å²) < 4.78 is 40.4. The van der Waals surface area contributed by atoms with Gasteiger partial charge in [-0.2, -0.15) is 4.31 Å². The number of benzene rings is 2. The van der Waals surface area contributed by atoms with E-state index in [0.29, 0.717) is 5.69 Å². The van der Waals surface area contributed by atoms with Crippen LogP contribution in [0.5, 0.6) is 0 Å². The van der Waals surface area contributed by atoms with Gasteiger partial charge < -0.3 is 4.90 Å². The van der Waals surface area contributed by atoms with E-state index in [1.807, 2.05) is 13.8 Å². The van der Waals surface area contributed by atoms with Crippen molar-refractivity contribution >= 4 is 21.4 Å². The summed E-state index contributed by atoms with van der Waals surface area (Å²) in [5.41, 5.74) is 1.89. The Bertz CT molecular complexity index is 986. The molecule has 2 aromatic rings. The highest BCUT2D eigenvalue weighted by molar-refractivity contribution is 7.89. The topological polar surface area (TPSA) is 83.8 Å². The lowest BCUT2D eigenvalue weighted by molar-refractivity contribution is -0.384. The van der Waals surface area contributed by atoms with Gasteiger partial charge in [0, 0.05) is 26.2 Å². The number of aryl methyl sites for hydroxylation is 2. The van der Waals surface area contributed by atoms with Crippen LogP contribution in [-0.4, -0.2) is 43.8 Å². The molecule has 7 nitrogen and oxygen atoms in total. The molecule has 0 atom stereocenters. The lowest BCUT2D eigenvalue weighted by Gasteiger charge is -2.35. The van der Waals surface area contributed by atoms with Crippen LogP contribution in [0, 0.1) is 29.8 Å². The number of nitro benzene ring substituents is 1. The number of anilines is 1. The molecule has 3 rings (SSSR count). The summed E-state index contributed by atoms with van der Waals surface area (Å²) in [6.07, 6.45) is 0. The number of halogens is 1. The van der Waals surface area contributed by atoms with Crippen LogP contribution in [0.4, 0.5) is 15.8 Å². The van der Waals surface area contributed by atoms with Gasteiger partial charge in [-0.05, 0) is 49.2 Å². The predicted molar refractivity (Wildman–Crippen MR) is 99.9 cm³/mol. The minimum absolute atomic E-state index is 0.198. The van der Waals surface area contributed by atoms with Crippen molar-refractivity contribution in [3.05, 3.63) is 63.5 Å². The molecule has 0 bridgehead atoms. The predicted octanol–water partition coefficient (Wildman–Crippen LogP) is 2.86.